The molecular weight excluding hydrogens is 2590 g/mol. The minimum atomic E-state index is -1.15. The minimum absolute atomic E-state index is 0. The largest absolute Gasteiger partial charge is 1.00 e. The van der Waals surface area contributed by atoms with Crippen molar-refractivity contribution in [3.05, 3.63) is 281 Å². The minimum Gasteiger partial charge on any atom is -1.00 e. The van der Waals surface area contributed by atoms with Gasteiger partial charge in [0.2, 0.25) is 5.91 Å². The van der Waals surface area contributed by atoms with Gasteiger partial charge in [-0.1, -0.05) is 105 Å². The second-order valence-electron chi connectivity index (χ2n) is 27.5. The molecule has 15 aromatic rings. The van der Waals surface area contributed by atoms with Crippen LogP contribution in [0.4, 0.5) is 0 Å². The number of aromatic amines is 2. The molecular formula is C84H71Cl4I5N21NaO14Y3-2. The first-order valence-corrected chi connectivity index (χ1v) is 42.2. The Labute approximate surface area is 941 Å². The van der Waals surface area contributed by atoms with Crippen molar-refractivity contribution in [3.8, 4) is 0 Å². The number of H-pyrrole nitrogens is 2. The van der Waals surface area contributed by atoms with E-state index in [0.29, 0.717) is 54.0 Å². The number of aromatic nitrogens is 14. The molecule has 8 N–H and O–H groups in total. The van der Waals surface area contributed by atoms with Crippen LogP contribution in [0.25, 0.3) is 75.4 Å². The molecule has 48 heteroatoms. The zero-order chi connectivity index (χ0) is 93.9. The number of nitrogens with one attached hydrogen (secondary N) is 2. The number of cyclic esters (lactones) is 2. The van der Waals surface area contributed by atoms with Crippen LogP contribution in [0.3, 0.4) is 0 Å². The molecule has 1 aliphatic rings. The average Bonchev–Trinajstić information content (AvgIpc) is 0.946. The van der Waals surface area contributed by atoms with Gasteiger partial charge >= 0.3 is 53.4 Å². The van der Waals surface area contributed by atoms with Crippen molar-refractivity contribution in [2.24, 2.45) is 11.7 Å². The Morgan fingerprint density at radius 2 is 0.659 bits per heavy atom. The number of rotatable bonds is 7. The van der Waals surface area contributed by atoms with E-state index in [1.54, 1.807) is 122 Å². The van der Waals surface area contributed by atoms with Gasteiger partial charge in [-0.3, -0.25) is 55.4 Å². The SMILES string of the molecule is CN(C)C(=O)c1ccc2[c-]nnc(Cl)c2c1.CN(C)C(=O)c1ccc2c(Cl)nn[c-]c2c1.CN(C)C(=O)c1ccc2c(I)nnc(I)c2c1.Cc1ccc2c(Cl)nnc(Cl)c2c1.Cc1nnc(I)c2cc(C(=O)N(C)C)ccc12.Cc1nnc(I)c2ccc(C(=O)N(C)C)cc12.NN.O=C(O)c1ccc2c(=O)[nH][nH]c(=O)c2c1.O=C(O)c1ccc2c(c1)C(=O)OC2=O.[I-].[Na+].[Y].[Y].[Y]. The van der Waals surface area contributed by atoms with Crippen LogP contribution in [0.2, 0.25) is 20.6 Å². The molecule has 3 radical (unpaired) electrons. The molecule has 7 aromatic heterocycles. The van der Waals surface area contributed by atoms with E-state index in [1.807, 2.05) is 93.6 Å². The normalized spacial score (nSPS) is 10.4. The van der Waals surface area contributed by atoms with E-state index in [9.17, 15) is 52.7 Å². The fourth-order valence-electron chi connectivity index (χ4n) is 11.3. The zero-order valence-corrected chi connectivity index (χ0v) is 96.4. The third kappa shape index (κ3) is 31.4. The third-order valence-electron chi connectivity index (χ3n) is 17.7. The van der Waals surface area contributed by atoms with Crippen molar-refractivity contribution < 1.29 is 210 Å². The van der Waals surface area contributed by atoms with Crippen LogP contribution in [0.15, 0.2) is 155 Å². The van der Waals surface area contributed by atoms with E-state index >= 15 is 0 Å². The Morgan fingerprint density at radius 1 is 0.341 bits per heavy atom. The number of nitrogens with two attached hydrogens (primary N) is 2. The molecule has 16 rings (SSSR count). The first kappa shape index (κ1) is 119. The van der Waals surface area contributed by atoms with Crippen molar-refractivity contribution in [1.82, 2.24) is 95.9 Å². The molecule has 0 fully saturated rings. The topological polar surface area (TPSA) is 492 Å². The molecule has 0 unspecified atom stereocenters. The number of hydrogen-bond donors (Lipinski definition) is 6. The summed E-state index contributed by atoms with van der Waals surface area (Å²) >= 11 is 32.0. The van der Waals surface area contributed by atoms with E-state index < -0.39 is 35.0 Å². The van der Waals surface area contributed by atoms with Gasteiger partial charge in [-0.05, 0) is 208 Å². The predicted molar refractivity (Wildman–Crippen MR) is 514 cm³/mol. The number of carbonyl (C=O) groups excluding carboxylic acids is 7. The number of ether oxygens (including phenoxy) is 1. The van der Waals surface area contributed by atoms with Gasteiger partial charge in [-0.15, -0.1) is 48.8 Å². The van der Waals surface area contributed by atoms with Crippen LogP contribution in [0, 0.1) is 48.0 Å². The molecule has 1 aliphatic heterocycles. The molecule has 5 amide bonds. The quantitative estimate of drug-likeness (QED) is 0.0174. The van der Waals surface area contributed by atoms with Gasteiger partial charge in [-0.2, -0.15) is 37.2 Å². The van der Waals surface area contributed by atoms with E-state index in [4.69, 9.17) is 56.6 Å². The Bertz CT molecular complexity index is 6740. The Balaban J connectivity index is 0.000000386. The number of nitrogens with zero attached hydrogens (tertiary/aromatic N) is 17. The number of fused-ring (bicyclic) bond motifs is 8. The van der Waals surface area contributed by atoms with Crippen molar-refractivity contribution >= 4 is 266 Å². The van der Waals surface area contributed by atoms with Crippen LogP contribution in [-0.4, -0.2) is 230 Å². The summed E-state index contributed by atoms with van der Waals surface area (Å²) in [6.45, 7) is 5.80. The summed E-state index contributed by atoms with van der Waals surface area (Å²) in [5, 5.41) is 80.2. The van der Waals surface area contributed by atoms with Gasteiger partial charge in [-0.25, -0.2) is 29.4 Å². The van der Waals surface area contributed by atoms with Crippen LogP contribution in [0.5, 0.6) is 0 Å². The second kappa shape index (κ2) is 55.6. The van der Waals surface area contributed by atoms with Gasteiger partial charge in [0.1, 0.15) is 25.1 Å². The number of benzene rings is 8. The standard InChI is InChI=1S/2C12H12IN3O.2C11H9ClN3O.C11H9I2N3O.C9H6Cl2N2.C9H6N2O4.C9H4O5.HI.H4N2.Na.3Y/c1-7-10-6-8(12(17)16(2)3)4-5-9(10)11(13)15-14-7;1-7-9-5-4-8(12(17)16(2)3)6-10(9)11(13)15-14-7;1-15(2)11(16)7-3-4-9-8(5-7)6-13-14-10(9)12;1-15(2)11(16)7-3-4-8-6-13-14-10(12)9(8)5-7;1-16(2)11(17)6-3-4-7-8(5-6)10(13)15-14-9(7)12;1-5-2-3-6-7(4-5)9(11)13-12-8(6)10;12-7-5-2-1-4(9(14)15)3-6(5)8(13)11-10-7;10-7(11)4-1-2-5-6(3-4)9(13)14-8(5)12;;1-2;;;;/h2*4-6H,1-3H3;2*3-5H,1-2H3;3-5H,1-2H3;2-4H,1H3;1-3H,(H,10,12)(H,11,13)(H,14,15);1-3H,(H,10,11);1H;1-2H2;;;;/q;;2*-1;;;;;;;+1;;;/p-1. The summed E-state index contributed by atoms with van der Waals surface area (Å²) in [7, 11) is 17.3. The number of carboxylic acids is 2. The maximum absolute atomic E-state index is 11.9. The monoisotopic (exact) mass is 2660 g/mol. The maximum Gasteiger partial charge on any atom is 1.00 e. The molecule has 8 aromatic carbocycles. The summed E-state index contributed by atoms with van der Waals surface area (Å²) in [4.78, 5) is 132. The number of aromatic carboxylic acids is 2. The van der Waals surface area contributed by atoms with Gasteiger partial charge in [0.25, 0.3) is 34.7 Å². The van der Waals surface area contributed by atoms with Crippen molar-refractivity contribution in [2.75, 3.05) is 70.5 Å². The number of carboxylic acid groups (broad SMARTS) is 2. The maximum atomic E-state index is 11.9. The molecule has 0 bridgehead atoms. The smallest absolute Gasteiger partial charge is 1.00 e. The Morgan fingerprint density at radius 3 is 1.14 bits per heavy atom. The van der Waals surface area contributed by atoms with Crippen LogP contribution >= 0.6 is 137 Å². The average molecular weight is 2660 g/mol. The number of hydrogen-bond acceptors (Lipinski definition) is 26. The molecule has 132 heavy (non-hydrogen) atoms. The van der Waals surface area contributed by atoms with Gasteiger partial charge in [0.05, 0.1) is 44.4 Å². The molecule has 8 heterocycles. The summed E-state index contributed by atoms with van der Waals surface area (Å²) in [5.74, 6) is 4.02. The summed E-state index contributed by atoms with van der Waals surface area (Å²) in [5.41, 5.74) is 5.08. The molecule has 671 valence electrons. The number of carbonyl (C=O) groups is 9. The second-order valence-corrected chi connectivity index (χ2v) is 33.0. The van der Waals surface area contributed by atoms with Gasteiger partial charge in [0, 0.05) is 234 Å². The fraction of sp³-hybridized carbons (Fsp3) is 0.155. The fourth-order valence-corrected chi connectivity index (χ4v) is 14.3. The Hall–Kier alpha value is -6.79. The molecule has 0 aliphatic carbocycles. The molecule has 0 saturated carbocycles. The van der Waals surface area contributed by atoms with E-state index in [0.717, 1.165) is 91.7 Å². The first-order chi connectivity index (χ1) is 60.1. The molecule has 0 spiro atoms. The predicted octanol–water partition coefficient (Wildman–Crippen LogP) is 7.27. The van der Waals surface area contributed by atoms with E-state index in [1.165, 1.54) is 40.1 Å². The summed E-state index contributed by atoms with van der Waals surface area (Å²) < 4.78 is 7.63. The van der Waals surface area contributed by atoms with E-state index in [2.05, 4.69) is 191 Å². The van der Waals surface area contributed by atoms with Gasteiger partial charge < -0.3 is 63.4 Å². The first-order valence-electron chi connectivity index (χ1n) is 36.3. The zero-order valence-electron chi connectivity index (χ0n) is 72.0. The van der Waals surface area contributed by atoms with Gasteiger partial charge in [0.15, 0.2) is 10.3 Å². The summed E-state index contributed by atoms with van der Waals surface area (Å²) in [6, 6.07) is 40.4. The molecule has 35 nitrogen and oxygen atoms in total. The van der Waals surface area contributed by atoms with E-state index in [-0.39, 0.29) is 219 Å². The van der Waals surface area contributed by atoms with Crippen LogP contribution < -0.4 is 76.3 Å². The number of hydrazine groups is 1. The number of aryl methyl sites for hydroxylation is 3. The molecule has 0 atom stereocenters. The van der Waals surface area contributed by atoms with Crippen molar-refractivity contribution in [2.45, 2.75) is 20.8 Å². The number of halogens is 9. The van der Waals surface area contributed by atoms with Crippen LogP contribution in [0.1, 0.15) is 110 Å². The third-order valence-corrected chi connectivity index (χ3v) is 22.0. The van der Waals surface area contributed by atoms with Crippen molar-refractivity contribution in [3.63, 3.8) is 0 Å². The summed E-state index contributed by atoms with van der Waals surface area (Å²) in [6.07, 6.45) is 5.43. The number of esters is 2. The Kier molecular flexibility index (Phi) is 50.3. The number of amides is 5. The van der Waals surface area contributed by atoms with Crippen LogP contribution in [-0.2, 0) is 103 Å². The molecule has 0 saturated heterocycles. The van der Waals surface area contributed by atoms with Crippen molar-refractivity contribution in [1.29, 1.82) is 0 Å².